The molecule has 0 bridgehead atoms. The van der Waals surface area contributed by atoms with Crippen molar-refractivity contribution >= 4 is 12.3 Å². The highest BCUT2D eigenvalue weighted by Crippen LogP contribution is 2.08. The fraction of sp³-hybridized carbons (Fsp3) is 0.800. The molecule has 0 aromatic carbocycles. The standard InChI is InChI=1S/C10H18O3/c1-7(2)5-10(12)13-9(6-11)8(3)4/h6-9H,5H2,1-4H3. The molecule has 0 radical (unpaired) electrons. The van der Waals surface area contributed by atoms with E-state index in [1.165, 1.54) is 0 Å². The van der Waals surface area contributed by atoms with Gasteiger partial charge in [0.25, 0.3) is 0 Å². The zero-order chi connectivity index (χ0) is 10.4. The highest BCUT2D eigenvalue weighted by molar-refractivity contribution is 5.72. The average Bonchev–Trinajstić information content (AvgIpc) is 1.98. The number of rotatable bonds is 5. The Kier molecular flexibility index (Phi) is 5.35. The van der Waals surface area contributed by atoms with E-state index >= 15 is 0 Å². The van der Waals surface area contributed by atoms with Crippen molar-refractivity contribution in [2.75, 3.05) is 0 Å². The number of carbonyl (C=O) groups excluding carboxylic acids is 2. The number of aldehydes is 1. The minimum Gasteiger partial charge on any atom is -0.454 e. The molecule has 0 aromatic heterocycles. The molecule has 0 rings (SSSR count). The maximum atomic E-state index is 11.1. The summed E-state index contributed by atoms with van der Waals surface area (Å²) in [5, 5.41) is 0. The summed E-state index contributed by atoms with van der Waals surface area (Å²) >= 11 is 0. The van der Waals surface area contributed by atoms with E-state index in [-0.39, 0.29) is 17.8 Å². The quantitative estimate of drug-likeness (QED) is 0.485. The fourth-order valence-corrected chi connectivity index (χ4v) is 0.854. The lowest BCUT2D eigenvalue weighted by Gasteiger charge is -2.15. The first-order valence-electron chi connectivity index (χ1n) is 4.62. The molecule has 13 heavy (non-hydrogen) atoms. The highest BCUT2D eigenvalue weighted by Gasteiger charge is 2.17. The summed E-state index contributed by atoms with van der Waals surface area (Å²) in [7, 11) is 0. The lowest BCUT2D eigenvalue weighted by molar-refractivity contribution is -0.154. The molecule has 0 saturated carbocycles. The highest BCUT2D eigenvalue weighted by atomic mass is 16.5. The van der Waals surface area contributed by atoms with Crippen molar-refractivity contribution in [3.05, 3.63) is 0 Å². The van der Waals surface area contributed by atoms with Crippen LogP contribution in [0.3, 0.4) is 0 Å². The second-order valence-corrected chi connectivity index (χ2v) is 3.93. The second kappa shape index (κ2) is 5.73. The molecule has 76 valence electrons. The van der Waals surface area contributed by atoms with Crippen LogP contribution in [0.5, 0.6) is 0 Å². The molecule has 0 aliphatic carbocycles. The summed E-state index contributed by atoms with van der Waals surface area (Å²) in [6, 6.07) is 0. The SMILES string of the molecule is CC(C)CC(=O)OC(C=O)C(C)C. The minimum absolute atomic E-state index is 0.0496. The van der Waals surface area contributed by atoms with Crippen molar-refractivity contribution in [3.63, 3.8) is 0 Å². The van der Waals surface area contributed by atoms with Gasteiger partial charge in [-0.05, 0) is 11.8 Å². The Hall–Kier alpha value is -0.860. The van der Waals surface area contributed by atoms with Gasteiger partial charge in [0.15, 0.2) is 12.4 Å². The third-order valence-electron chi connectivity index (χ3n) is 1.63. The van der Waals surface area contributed by atoms with Crippen LogP contribution in [-0.4, -0.2) is 18.4 Å². The normalized spacial score (nSPS) is 13.1. The average molecular weight is 186 g/mol. The van der Waals surface area contributed by atoms with Gasteiger partial charge in [0.05, 0.1) is 0 Å². The molecule has 0 saturated heterocycles. The van der Waals surface area contributed by atoms with Crippen LogP contribution in [0, 0.1) is 11.8 Å². The van der Waals surface area contributed by atoms with Crippen LogP contribution in [0.1, 0.15) is 34.1 Å². The first-order chi connectivity index (χ1) is 5.97. The largest absolute Gasteiger partial charge is 0.454 e. The number of hydrogen-bond donors (Lipinski definition) is 0. The maximum Gasteiger partial charge on any atom is 0.306 e. The van der Waals surface area contributed by atoms with Crippen LogP contribution in [0.25, 0.3) is 0 Å². The summed E-state index contributed by atoms with van der Waals surface area (Å²) < 4.78 is 4.96. The molecule has 0 aromatic rings. The molecule has 0 aliphatic rings. The molecule has 0 aliphatic heterocycles. The van der Waals surface area contributed by atoms with Crippen molar-refractivity contribution in [2.24, 2.45) is 11.8 Å². The minimum atomic E-state index is -0.591. The van der Waals surface area contributed by atoms with Gasteiger partial charge in [-0.15, -0.1) is 0 Å². The van der Waals surface area contributed by atoms with E-state index in [0.717, 1.165) is 0 Å². The van der Waals surface area contributed by atoms with E-state index in [0.29, 0.717) is 12.7 Å². The molecule has 0 fully saturated rings. The summed E-state index contributed by atoms with van der Waals surface area (Å²) in [6.45, 7) is 7.57. The molecule has 0 N–H and O–H groups in total. The lowest BCUT2D eigenvalue weighted by Crippen LogP contribution is -2.25. The number of carbonyl (C=O) groups is 2. The van der Waals surface area contributed by atoms with Crippen LogP contribution in [0.15, 0.2) is 0 Å². The Morgan fingerprint density at radius 3 is 2.15 bits per heavy atom. The molecule has 1 unspecified atom stereocenters. The Bertz CT molecular complexity index is 173. The van der Waals surface area contributed by atoms with Crippen molar-refractivity contribution in [1.82, 2.24) is 0 Å². The Balaban J connectivity index is 3.94. The van der Waals surface area contributed by atoms with Crippen molar-refractivity contribution in [2.45, 2.75) is 40.2 Å². The van der Waals surface area contributed by atoms with Crippen LogP contribution >= 0.6 is 0 Å². The number of hydrogen-bond acceptors (Lipinski definition) is 3. The van der Waals surface area contributed by atoms with Gasteiger partial charge < -0.3 is 4.74 Å². The van der Waals surface area contributed by atoms with E-state index in [1.54, 1.807) is 0 Å². The van der Waals surface area contributed by atoms with Crippen LogP contribution in [-0.2, 0) is 14.3 Å². The van der Waals surface area contributed by atoms with Gasteiger partial charge in [-0.1, -0.05) is 27.7 Å². The molecular weight excluding hydrogens is 168 g/mol. The van der Waals surface area contributed by atoms with E-state index in [1.807, 2.05) is 27.7 Å². The van der Waals surface area contributed by atoms with Crippen molar-refractivity contribution in [3.8, 4) is 0 Å². The van der Waals surface area contributed by atoms with Gasteiger partial charge in [0.1, 0.15) is 0 Å². The Morgan fingerprint density at radius 2 is 1.85 bits per heavy atom. The monoisotopic (exact) mass is 186 g/mol. The van der Waals surface area contributed by atoms with E-state index < -0.39 is 6.10 Å². The van der Waals surface area contributed by atoms with Crippen LogP contribution in [0.2, 0.25) is 0 Å². The van der Waals surface area contributed by atoms with Gasteiger partial charge in [0, 0.05) is 6.42 Å². The van der Waals surface area contributed by atoms with Gasteiger partial charge >= 0.3 is 5.97 Å². The Morgan fingerprint density at radius 1 is 1.31 bits per heavy atom. The molecule has 3 heteroatoms. The maximum absolute atomic E-state index is 11.1. The lowest BCUT2D eigenvalue weighted by atomic mass is 10.1. The van der Waals surface area contributed by atoms with E-state index in [9.17, 15) is 9.59 Å². The zero-order valence-electron chi connectivity index (χ0n) is 8.74. The molecule has 3 nitrogen and oxygen atoms in total. The van der Waals surface area contributed by atoms with Crippen LogP contribution < -0.4 is 0 Å². The third kappa shape index (κ3) is 5.39. The van der Waals surface area contributed by atoms with Gasteiger partial charge in [0.2, 0.25) is 0 Å². The smallest absolute Gasteiger partial charge is 0.306 e. The molecule has 0 heterocycles. The Labute approximate surface area is 79.5 Å². The molecule has 1 atom stereocenters. The van der Waals surface area contributed by atoms with Crippen LogP contribution in [0.4, 0.5) is 0 Å². The molecule has 0 amide bonds. The predicted octanol–water partition coefficient (Wildman–Crippen LogP) is 1.80. The van der Waals surface area contributed by atoms with E-state index in [2.05, 4.69) is 0 Å². The first kappa shape index (κ1) is 12.1. The topological polar surface area (TPSA) is 43.4 Å². The van der Waals surface area contributed by atoms with Crippen molar-refractivity contribution < 1.29 is 14.3 Å². The second-order valence-electron chi connectivity index (χ2n) is 3.93. The number of ether oxygens (including phenoxy) is 1. The summed E-state index contributed by atoms with van der Waals surface area (Å²) in [6.07, 6.45) is 0.464. The fourth-order valence-electron chi connectivity index (χ4n) is 0.854. The molecular formula is C10H18O3. The molecule has 0 spiro atoms. The predicted molar refractivity (Wildman–Crippen MR) is 50.2 cm³/mol. The van der Waals surface area contributed by atoms with Gasteiger partial charge in [-0.25, -0.2) is 0 Å². The van der Waals surface area contributed by atoms with Gasteiger partial charge in [-0.3, -0.25) is 9.59 Å². The third-order valence-corrected chi connectivity index (χ3v) is 1.63. The van der Waals surface area contributed by atoms with E-state index in [4.69, 9.17) is 4.74 Å². The first-order valence-corrected chi connectivity index (χ1v) is 4.62. The summed E-state index contributed by atoms with van der Waals surface area (Å²) in [5.74, 6) is 0.0291. The van der Waals surface area contributed by atoms with Crippen molar-refractivity contribution in [1.29, 1.82) is 0 Å². The summed E-state index contributed by atoms with van der Waals surface area (Å²) in [5.41, 5.74) is 0. The van der Waals surface area contributed by atoms with Gasteiger partial charge in [-0.2, -0.15) is 0 Å². The summed E-state index contributed by atoms with van der Waals surface area (Å²) in [4.78, 5) is 21.6. The zero-order valence-corrected chi connectivity index (χ0v) is 8.74. The number of esters is 1.